The molecule has 2 atom stereocenters. The van der Waals surface area contributed by atoms with Crippen LogP contribution in [0.2, 0.25) is 0 Å². The highest BCUT2D eigenvalue weighted by atomic mass is 16.5. The van der Waals surface area contributed by atoms with E-state index in [1.54, 1.807) is 17.3 Å². The van der Waals surface area contributed by atoms with Gasteiger partial charge in [0, 0.05) is 31.0 Å². The van der Waals surface area contributed by atoms with Crippen LogP contribution in [0.1, 0.15) is 24.0 Å². The van der Waals surface area contributed by atoms with Crippen LogP contribution >= 0.6 is 0 Å². The van der Waals surface area contributed by atoms with E-state index in [4.69, 9.17) is 4.74 Å². The van der Waals surface area contributed by atoms with E-state index in [1.807, 2.05) is 36.4 Å². The molecule has 1 saturated heterocycles. The molecule has 146 valence electrons. The van der Waals surface area contributed by atoms with E-state index in [-0.39, 0.29) is 18.2 Å². The van der Waals surface area contributed by atoms with E-state index in [9.17, 15) is 14.7 Å². The van der Waals surface area contributed by atoms with Crippen molar-refractivity contribution in [2.75, 3.05) is 13.1 Å². The van der Waals surface area contributed by atoms with Crippen LogP contribution in [0, 0.1) is 17.8 Å². The Balaban J connectivity index is 1.36. The highest BCUT2D eigenvalue weighted by Crippen LogP contribution is 2.44. The fraction of sp³-hybridized carbons (Fsp3) is 0.409. The number of amides is 1. The van der Waals surface area contributed by atoms with E-state index in [0.29, 0.717) is 31.4 Å². The molecule has 1 N–H and O–H groups in total. The van der Waals surface area contributed by atoms with Gasteiger partial charge in [0.25, 0.3) is 0 Å². The van der Waals surface area contributed by atoms with Crippen molar-refractivity contribution in [2.45, 2.75) is 25.9 Å². The number of carboxylic acids is 1. The lowest BCUT2D eigenvalue weighted by Gasteiger charge is -2.16. The summed E-state index contributed by atoms with van der Waals surface area (Å²) in [6.45, 7) is 1.31. The molecule has 1 aromatic heterocycles. The van der Waals surface area contributed by atoms with E-state index < -0.39 is 11.9 Å². The summed E-state index contributed by atoms with van der Waals surface area (Å²) in [6.07, 6.45) is 5.92. The Morgan fingerprint density at radius 1 is 1.14 bits per heavy atom. The molecule has 1 amide bonds. The molecule has 2 aromatic rings. The average molecular weight is 380 g/mol. The van der Waals surface area contributed by atoms with Crippen molar-refractivity contribution in [2.24, 2.45) is 17.8 Å². The molecule has 0 bridgehead atoms. The number of nitrogens with zero attached hydrogens (tertiary/aromatic N) is 2. The first-order valence-corrected chi connectivity index (χ1v) is 9.71. The van der Waals surface area contributed by atoms with Crippen LogP contribution < -0.4 is 4.74 Å². The summed E-state index contributed by atoms with van der Waals surface area (Å²) in [5.74, 6) is 0.0657. The minimum atomic E-state index is -0.780. The molecular formula is C22H24N2O4. The lowest BCUT2D eigenvalue weighted by atomic mass is 9.92. The SMILES string of the molecule is O=C(O)[C@H]1CN(C(=O)Cc2cccc(OCc3cccnc3)c2)C[C@@H]1C1CC1. The second-order valence-electron chi connectivity index (χ2n) is 7.72. The van der Waals surface area contributed by atoms with Gasteiger partial charge in [0.1, 0.15) is 12.4 Å². The Hall–Kier alpha value is -2.89. The van der Waals surface area contributed by atoms with Gasteiger partial charge in [-0.25, -0.2) is 0 Å². The number of carboxylic acid groups (broad SMARTS) is 1. The largest absolute Gasteiger partial charge is 0.489 e. The zero-order valence-corrected chi connectivity index (χ0v) is 15.7. The molecule has 1 aliphatic heterocycles. The van der Waals surface area contributed by atoms with Crippen molar-refractivity contribution in [3.8, 4) is 5.75 Å². The lowest BCUT2D eigenvalue weighted by Crippen LogP contribution is -2.31. The number of carbonyl (C=O) groups excluding carboxylic acids is 1. The quantitative estimate of drug-likeness (QED) is 0.799. The van der Waals surface area contributed by atoms with Crippen LogP contribution in [-0.2, 0) is 22.6 Å². The first kappa shape index (κ1) is 18.5. The van der Waals surface area contributed by atoms with Gasteiger partial charge in [-0.05, 0) is 48.4 Å². The first-order chi connectivity index (χ1) is 13.6. The number of pyridine rings is 1. The summed E-state index contributed by atoms with van der Waals surface area (Å²) in [7, 11) is 0. The molecule has 1 saturated carbocycles. The van der Waals surface area contributed by atoms with E-state index in [2.05, 4.69) is 4.98 Å². The third kappa shape index (κ3) is 4.32. The third-order valence-electron chi connectivity index (χ3n) is 5.64. The molecule has 0 radical (unpaired) electrons. The standard InChI is InChI=1S/C22H24N2O4/c25-21(24-12-19(17-6-7-17)20(13-24)22(26)27)10-15-3-1-5-18(9-15)28-14-16-4-2-8-23-11-16/h1-5,8-9,11,17,19-20H,6-7,10,12-14H2,(H,26,27)/t19-,20+/m1/s1. The molecule has 6 nitrogen and oxygen atoms in total. The van der Waals surface area contributed by atoms with Gasteiger partial charge in [-0.2, -0.15) is 0 Å². The number of benzene rings is 1. The topological polar surface area (TPSA) is 79.7 Å². The molecule has 6 heteroatoms. The first-order valence-electron chi connectivity index (χ1n) is 9.71. The van der Waals surface area contributed by atoms with Crippen LogP contribution in [-0.4, -0.2) is 40.0 Å². The van der Waals surface area contributed by atoms with Crippen LogP contribution in [0.25, 0.3) is 0 Å². The van der Waals surface area contributed by atoms with Gasteiger partial charge in [-0.15, -0.1) is 0 Å². The van der Waals surface area contributed by atoms with Crippen molar-refractivity contribution in [3.05, 3.63) is 59.9 Å². The van der Waals surface area contributed by atoms with Gasteiger partial charge in [0.15, 0.2) is 0 Å². The number of hydrogen-bond acceptors (Lipinski definition) is 4. The molecule has 0 spiro atoms. The second kappa shape index (κ2) is 8.00. The number of likely N-dealkylation sites (tertiary alicyclic amines) is 1. The number of ether oxygens (including phenoxy) is 1. The molecule has 2 aliphatic rings. The molecule has 28 heavy (non-hydrogen) atoms. The van der Waals surface area contributed by atoms with Crippen LogP contribution in [0.15, 0.2) is 48.8 Å². The van der Waals surface area contributed by atoms with E-state index in [1.165, 1.54) is 0 Å². The molecule has 2 fully saturated rings. The van der Waals surface area contributed by atoms with Gasteiger partial charge in [0.2, 0.25) is 5.91 Å². The molecule has 4 rings (SSSR count). The van der Waals surface area contributed by atoms with Crippen LogP contribution in [0.3, 0.4) is 0 Å². The molecule has 1 aliphatic carbocycles. The van der Waals surface area contributed by atoms with Crippen molar-refractivity contribution >= 4 is 11.9 Å². The molecule has 2 heterocycles. The Morgan fingerprint density at radius 3 is 2.68 bits per heavy atom. The fourth-order valence-electron chi connectivity index (χ4n) is 3.98. The summed E-state index contributed by atoms with van der Waals surface area (Å²) in [5.41, 5.74) is 1.85. The third-order valence-corrected chi connectivity index (χ3v) is 5.64. The van der Waals surface area contributed by atoms with Gasteiger partial charge in [-0.3, -0.25) is 14.6 Å². The number of aromatic nitrogens is 1. The minimum absolute atomic E-state index is 0.0150. The monoisotopic (exact) mass is 380 g/mol. The van der Waals surface area contributed by atoms with Gasteiger partial charge in [-0.1, -0.05) is 18.2 Å². The Bertz CT molecular complexity index is 851. The number of rotatable bonds is 7. The average Bonchev–Trinajstić information content (AvgIpc) is 3.45. The maximum absolute atomic E-state index is 12.7. The molecular weight excluding hydrogens is 356 g/mol. The molecule has 0 unspecified atom stereocenters. The maximum Gasteiger partial charge on any atom is 0.308 e. The highest BCUT2D eigenvalue weighted by molar-refractivity contribution is 5.81. The van der Waals surface area contributed by atoms with Crippen molar-refractivity contribution in [3.63, 3.8) is 0 Å². The van der Waals surface area contributed by atoms with Crippen molar-refractivity contribution in [1.29, 1.82) is 0 Å². The van der Waals surface area contributed by atoms with Gasteiger partial charge < -0.3 is 14.7 Å². The summed E-state index contributed by atoms with van der Waals surface area (Å²) in [6, 6.07) is 11.3. The van der Waals surface area contributed by atoms with Gasteiger partial charge >= 0.3 is 5.97 Å². The normalized spacial score (nSPS) is 21.5. The smallest absolute Gasteiger partial charge is 0.308 e. The second-order valence-corrected chi connectivity index (χ2v) is 7.72. The maximum atomic E-state index is 12.7. The number of hydrogen-bond donors (Lipinski definition) is 1. The van der Waals surface area contributed by atoms with Crippen LogP contribution in [0.4, 0.5) is 0 Å². The van der Waals surface area contributed by atoms with Crippen molar-refractivity contribution in [1.82, 2.24) is 9.88 Å². The lowest BCUT2D eigenvalue weighted by molar-refractivity contribution is -0.142. The summed E-state index contributed by atoms with van der Waals surface area (Å²) in [4.78, 5) is 30.1. The van der Waals surface area contributed by atoms with E-state index >= 15 is 0 Å². The predicted molar refractivity (Wildman–Crippen MR) is 103 cm³/mol. The summed E-state index contributed by atoms with van der Waals surface area (Å²) in [5, 5.41) is 9.48. The summed E-state index contributed by atoms with van der Waals surface area (Å²) >= 11 is 0. The zero-order valence-electron chi connectivity index (χ0n) is 15.7. The Morgan fingerprint density at radius 2 is 1.96 bits per heavy atom. The summed E-state index contributed by atoms with van der Waals surface area (Å²) < 4.78 is 5.80. The predicted octanol–water partition coefficient (Wildman–Crippen LogP) is 2.77. The zero-order chi connectivity index (χ0) is 19.5. The fourth-order valence-corrected chi connectivity index (χ4v) is 3.98. The Labute approximate surface area is 164 Å². The van der Waals surface area contributed by atoms with Crippen molar-refractivity contribution < 1.29 is 19.4 Å². The molecule has 1 aromatic carbocycles. The Kier molecular flexibility index (Phi) is 5.28. The van der Waals surface area contributed by atoms with Crippen LogP contribution in [0.5, 0.6) is 5.75 Å². The number of aliphatic carboxylic acids is 1. The van der Waals surface area contributed by atoms with Gasteiger partial charge in [0.05, 0.1) is 12.3 Å². The minimum Gasteiger partial charge on any atom is -0.489 e. The van der Waals surface area contributed by atoms with E-state index in [0.717, 1.165) is 24.0 Å². The number of carbonyl (C=O) groups is 2. The highest BCUT2D eigenvalue weighted by Gasteiger charge is 2.46.